The number of nitrogens with one attached hydrogen (secondary N) is 2. The van der Waals surface area contributed by atoms with Gasteiger partial charge in [-0.3, -0.25) is 9.59 Å². The van der Waals surface area contributed by atoms with Crippen LogP contribution in [0, 0.1) is 13.8 Å². The number of aryl methyl sites for hydroxylation is 2. The van der Waals surface area contributed by atoms with Crippen molar-refractivity contribution in [2.75, 3.05) is 10.6 Å². The summed E-state index contributed by atoms with van der Waals surface area (Å²) in [6.45, 7) is 5.27. The molecule has 0 spiro atoms. The highest BCUT2D eigenvalue weighted by Gasteiger charge is 2.12. The molecule has 0 atom stereocenters. The fraction of sp³-hybridized carbons (Fsp3) is 0.200. The van der Waals surface area contributed by atoms with Crippen molar-refractivity contribution in [3.05, 3.63) is 45.6 Å². The lowest BCUT2D eigenvalue weighted by atomic mass is 10.1. The summed E-state index contributed by atoms with van der Waals surface area (Å²) in [7, 11) is 0. The van der Waals surface area contributed by atoms with Crippen LogP contribution >= 0.6 is 11.3 Å². The van der Waals surface area contributed by atoms with Gasteiger partial charge >= 0.3 is 0 Å². The summed E-state index contributed by atoms with van der Waals surface area (Å²) in [6, 6.07) is 7.35. The van der Waals surface area contributed by atoms with Crippen molar-refractivity contribution in [3.8, 4) is 0 Å². The van der Waals surface area contributed by atoms with E-state index in [-0.39, 0.29) is 11.8 Å². The van der Waals surface area contributed by atoms with Gasteiger partial charge in [-0.05, 0) is 48.6 Å². The molecule has 0 aliphatic carbocycles. The maximum absolute atomic E-state index is 12.2. The number of thiophene rings is 1. The number of carbonyl (C=O) groups is 2. The molecule has 0 radical (unpaired) electrons. The second-order valence-corrected chi connectivity index (χ2v) is 5.51. The average molecular weight is 288 g/mol. The van der Waals surface area contributed by atoms with E-state index in [1.54, 1.807) is 6.07 Å². The lowest BCUT2D eigenvalue weighted by molar-refractivity contribution is -0.114. The molecule has 104 valence electrons. The van der Waals surface area contributed by atoms with Gasteiger partial charge in [-0.1, -0.05) is 6.07 Å². The highest BCUT2D eigenvalue weighted by molar-refractivity contribution is 7.12. The van der Waals surface area contributed by atoms with Gasteiger partial charge in [-0.25, -0.2) is 0 Å². The fourth-order valence-electron chi connectivity index (χ4n) is 1.82. The smallest absolute Gasteiger partial charge is 0.266 e. The number of amides is 2. The highest BCUT2D eigenvalue weighted by Crippen LogP contribution is 2.23. The van der Waals surface area contributed by atoms with E-state index in [2.05, 4.69) is 10.6 Å². The molecular formula is C15H16N2O2S. The second kappa shape index (κ2) is 5.88. The zero-order chi connectivity index (χ0) is 14.7. The van der Waals surface area contributed by atoms with E-state index < -0.39 is 0 Å². The molecule has 0 unspecified atom stereocenters. The van der Waals surface area contributed by atoms with Crippen LogP contribution in [0.1, 0.15) is 27.7 Å². The summed E-state index contributed by atoms with van der Waals surface area (Å²) >= 11 is 1.42. The topological polar surface area (TPSA) is 58.2 Å². The molecular weight excluding hydrogens is 272 g/mol. The fourth-order valence-corrected chi connectivity index (χ4v) is 2.64. The van der Waals surface area contributed by atoms with Crippen LogP contribution in [0.25, 0.3) is 0 Å². The Morgan fingerprint density at radius 1 is 1.05 bits per heavy atom. The van der Waals surface area contributed by atoms with Crippen LogP contribution < -0.4 is 10.6 Å². The van der Waals surface area contributed by atoms with Gasteiger partial charge in [-0.15, -0.1) is 11.3 Å². The third kappa shape index (κ3) is 3.24. The van der Waals surface area contributed by atoms with Crippen molar-refractivity contribution in [2.24, 2.45) is 0 Å². The summed E-state index contributed by atoms with van der Waals surface area (Å²) in [5.74, 6) is -0.263. The van der Waals surface area contributed by atoms with E-state index in [0.29, 0.717) is 16.3 Å². The minimum atomic E-state index is -0.139. The number of carbonyl (C=O) groups excluding carboxylic acids is 2. The van der Waals surface area contributed by atoms with Gasteiger partial charge in [0.15, 0.2) is 0 Å². The van der Waals surface area contributed by atoms with E-state index in [0.717, 1.165) is 11.1 Å². The van der Waals surface area contributed by atoms with E-state index in [1.165, 1.54) is 18.3 Å². The van der Waals surface area contributed by atoms with Crippen LogP contribution in [0.3, 0.4) is 0 Å². The molecule has 2 N–H and O–H groups in total. The Balaban J connectivity index is 2.22. The van der Waals surface area contributed by atoms with Crippen LogP contribution in [0.2, 0.25) is 0 Å². The Kier molecular flexibility index (Phi) is 4.20. The average Bonchev–Trinajstić information content (AvgIpc) is 2.79. The molecule has 0 aliphatic heterocycles. The summed E-state index contributed by atoms with van der Waals surface area (Å²) in [6.07, 6.45) is 0. The van der Waals surface area contributed by atoms with Crippen LogP contribution in [0.5, 0.6) is 0 Å². The number of anilines is 2. The summed E-state index contributed by atoms with van der Waals surface area (Å²) in [5.41, 5.74) is 3.28. The van der Waals surface area contributed by atoms with Gasteiger partial charge in [-0.2, -0.15) is 0 Å². The minimum absolute atomic E-state index is 0.124. The van der Waals surface area contributed by atoms with Crippen LogP contribution in [0.4, 0.5) is 11.4 Å². The van der Waals surface area contributed by atoms with Crippen molar-refractivity contribution in [3.63, 3.8) is 0 Å². The largest absolute Gasteiger partial charge is 0.326 e. The van der Waals surface area contributed by atoms with Crippen LogP contribution in [-0.2, 0) is 4.79 Å². The Morgan fingerprint density at radius 2 is 1.80 bits per heavy atom. The van der Waals surface area contributed by atoms with Crippen molar-refractivity contribution < 1.29 is 9.59 Å². The molecule has 5 heteroatoms. The molecule has 1 heterocycles. The predicted octanol–water partition coefficient (Wildman–Crippen LogP) is 3.58. The second-order valence-electron chi connectivity index (χ2n) is 4.60. The number of benzene rings is 1. The summed E-state index contributed by atoms with van der Waals surface area (Å²) in [5, 5.41) is 7.49. The van der Waals surface area contributed by atoms with Crippen molar-refractivity contribution >= 4 is 34.5 Å². The molecule has 1 aromatic heterocycles. The van der Waals surface area contributed by atoms with Gasteiger partial charge in [0.25, 0.3) is 5.91 Å². The molecule has 1 aromatic carbocycles. The molecule has 0 bridgehead atoms. The van der Waals surface area contributed by atoms with Gasteiger partial charge < -0.3 is 10.6 Å². The zero-order valence-corrected chi connectivity index (χ0v) is 12.4. The van der Waals surface area contributed by atoms with Gasteiger partial charge in [0.05, 0.1) is 4.88 Å². The number of hydrogen-bond acceptors (Lipinski definition) is 3. The van der Waals surface area contributed by atoms with Crippen molar-refractivity contribution in [1.82, 2.24) is 0 Å². The van der Waals surface area contributed by atoms with E-state index in [1.807, 2.05) is 37.4 Å². The Morgan fingerprint density at radius 3 is 2.40 bits per heavy atom. The first kappa shape index (κ1) is 14.3. The molecule has 0 fully saturated rings. The third-order valence-corrected chi connectivity index (χ3v) is 3.89. The summed E-state index contributed by atoms with van der Waals surface area (Å²) in [4.78, 5) is 24.0. The molecule has 2 rings (SSSR count). The third-order valence-electron chi connectivity index (χ3n) is 2.87. The predicted molar refractivity (Wildman–Crippen MR) is 82.5 cm³/mol. The number of hydrogen-bond donors (Lipinski definition) is 2. The first-order valence-electron chi connectivity index (χ1n) is 6.21. The molecule has 4 nitrogen and oxygen atoms in total. The van der Waals surface area contributed by atoms with E-state index >= 15 is 0 Å². The molecule has 0 aliphatic rings. The minimum Gasteiger partial charge on any atom is -0.326 e. The van der Waals surface area contributed by atoms with Crippen LogP contribution in [-0.4, -0.2) is 11.8 Å². The highest BCUT2D eigenvalue weighted by atomic mass is 32.1. The summed E-state index contributed by atoms with van der Waals surface area (Å²) < 4.78 is 0. The van der Waals surface area contributed by atoms with E-state index in [9.17, 15) is 9.59 Å². The molecule has 0 saturated heterocycles. The van der Waals surface area contributed by atoms with Gasteiger partial charge in [0.2, 0.25) is 5.91 Å². The maximum Gasteiger partial charge on any atom is 0.266 e. The Bertz CT molecular complexity index is 662. The first-order chi connectivity index (χ1) is 9.47. The monoisotopic (exact) mass is 288 g/mol. The van der Waals surface area contributed by atoms with Gasteiger partial charge in [0.1, 0.15) is 0 Å². The first-order valence-corrected chi connectivity index (χ1v) is 7.09. The maximum atomic E-state index is 12.2. The Hall–Kier alpha value is -2.14. The van der Waals surface area contributed by atoms with Crippen molar-refractivity contribution in [1.29, 1.82) is 0 Å². The standard InChI is InChI=1S/C15H16N2O2S/c1-9-4-5-12(16-11(3)18)8-13(9)17-15(19)14-10(2)6-7-20-14/h4-8H,1-3H3,(H,16,18)(H,17,19). The zero-order valence-electron chi connectivity index (χ0n) is 11.6. The van der Waals surface area contributed by atoms with Crippen molar-refractivity contribution in [2.45, 2.75) is 20.8 Å². The molecule has 0 saturated carbocycles. The molecule has 2 aromatic rings. The van der Waals surface area contributed by atoms with Gasteiger partial charge in [0, 0.05) is 18.3 Å². The Labute approximate surface area is 121 Å². The normalized spacial score (nSPS) is 10.2. The quantitative estimate of drug-likeness (QED) is 0.907. The SMILES string of the molecule is CC(=O)Nc1ccc(C)c(NC(=O)c2sccc2C)c1. The molecule has 20 heavy (non-hydrogen) atoms. The lowest BCUT2D eigenvalue weighted by Crippen LogP contribution is -2.13. The lowest BCUT2D eigenvalue weighted by Gasteiger charge is -2.10. The van der Waals surface area contributed by atoms with Crippen LogP contribution in [0.15, 0.2) is 29.6 Å². The number of rotatable bonds is 3. The molecule has 2 amide bonds. The van der Waals surface area contributed by atoms with E-state index in [4.69, 9.17) is 0 Å².